The molecular weight excluding hydrogens is 286 g/mol. The molecule has 0 aliphatic carbocycles. The van der Waals surface area contributed by atoms with Crippen LogP contribution in [0.5, 0.6) is 0 Å². The summed E-state index contributed by atoms with van der Waals surface area (Å²) in [6, 6.07) is 5.75. The number of pyridine rings is 1. The Bertz CT molecular complexity index is 481. The van der Waals surface area contributed by atoms with E-state index < -0.39 is 0 Å². The largest absolute Gasteiger partial charge is 0.299 e. The predicted octanol–water partition coefficient (Wildman–Crippen LogP) is 3.26. The van der Waals surface area contributed by atoms with Crippen LogP contribution in [0, 0.1) is 0 Å². The van der Waals surface area contributed by atoms with Crippen molar-refractivity contribution in [1.82, 2.24) is 4.98 Å². The lowest BCUT2D eigenvalue weighted by molar-refractivity contribution is -0.117. The monoisotopic (exact) mass is 295 g/mol. The van der Waals surface area contributed by atoms with E-state index in [4.69, 9.17) is 0 Å². The van der Waals surface area contributed by atoms with Crippen molar-refractivity contribution in [3.8, 4) is 0 Å². The number of carbonyl (C=O) groups excluding carboxylic acids is 1. The van der Waals surface area contributed by atoms with Gasteiger partial charge in [-0.2, -0.15) is 0 Å². The normalized spacial score (nSPS) is 10.3. The third kappa shape index (κ3) is 3.00. The zero-order valence-electron chi connectivity index (χ0n) is 8.52. The molecule has 82 valence electrons. The van der Waals surface area contributed by atoms with Gasteiger partial charge in [0.1, 0.15) is 5.78 Å². The number of carbonyl (C=O) groups is 1. The van der Waals surface area contributed by atoms with E-state index >= 15 is 0 Å². The van der Waals surface area contributed by atoms with Gasteiger partial charge >= 0.3 is 0 Å². The average Bonchev–Trinajstić information content (AvgIpc) is 2.66. The Hall–Kier alpha value is -1.00. The first-order valence-electron chi connectivity index (χ1n) is 4.88. The highest BCUT2D eigenvalue weighted by molar-refractivity contribution is 9.10. The van der Waals surface area contributed by atoms with E-state index in [9.17, 15) is 4.79 Å². The number of hydrogen-bond acceptors (Lipinski definition) is 3. The van der Waals surface area contributed by atoms with Crippen LogP contribution < -0.4 is 0 Å². The van der Waals surface area contributed by atoms with Crippen LogP contribution in [0.3, 0.4) is 0 Å². The van der Waals surface area contributed by atoms with Crippen LogP contribution in [-0.4, -0.2) is 10.8 Å². The van der Waals surface area contributed by atoms with Crippen molar-refractivity contribution in [1.29, 1.82) is 0 Å². The highest BCUT2D eigenvalue weighted by atomic mass is 79.9. The van der Waals surface area contributed by atoms with Crippen LogP contribution in [0.15, 0.2) is 40.4 Å². The maximum absolute atomic E-state index is 11.8. The molecule has 0 aromatic carbocycles. The van der Waals surface area contributed by atoms with Gasteiger partial charge in [0.05, 0.1) is 0 Å². The lowest BCUT2D eigenvalue weighted by Gasteiger charge is -1.99. The number of thiophene rings is 1. The van der Waals surface area contributed by atoms with Crippen molar-refractivity contribution >= 4 is 33.0 Å². The van der Waals surface area contributed by atoms with Crippen molar-refractivity contribution in [3.63, 3.8) is 0 Å². The Kier molecular flexibility index (Phi) is 3.85. The fourth-order valence-electron chi connectivity index (χ4n) is 1.42. The fraction of sp³-hybridized carbons (Fsp3) is 0.167. The number of hydrogen-bond donors (Lipinski definition) is 0. The maximum atomic E-state index is 11.8. The third-order valence-electron chi connectivity index (χ3n) is 2.17. The van der Waals surface area contributed by atoms with Gasteiger partial charge < -0.3 is 0 Å². The minimum atomic E-state index is 0.219. The van der Waals surface area contributed by atoms with Gasteiger partial charge in [-0.05, 0) is 39.0 Å². The summed E-state index contributed by atoms with van der Waals surface area (Å²) in [7, 11) is 0. The summed E-state index contributed by atoms with van der Waals surface area (Å²) < 4.78 is 1.03. The van der Waals surface area contributed by atoms with Gasteiger partial charge in [-0.3, -0.25) is 9.78 Å². The molecule has 4 heteroatoms. The minimum Gasteiger partial charge on any atom is -0.299 e. The summed E-state index contributed by atoms with van der Waals surface area (Å²) in [5.74, 6) is 0.219. The van der Waals surface area contributed by atoms with Gasteiger partial charge in [0.15, 0.2) is 0 Å². The number of halogens is 1. The van der Waals surface area contributed by atoms with Gasteiger partial charge in [-0.1, -0.05) is 6.07 Å². The predicted molar refractivity (Wildman–Crippen MR) is 68.7 cm³/mol. The van der Waals surface area contributed by atoms with Crippen LogP contribution in [0.25, 0.3) is 0 Å². The molecule has 0 atom stereocenters. The van der Waals surface area contributed by atoms with Crippen molar-refractivity contribution in [3.05, 3.63) is 50.9 Å². The molecule has 16 heavy (non-hydrogen) atoms. The Balaban J connectivity index is 1.98. The van der Waals surface area contributed by atoms with Crippen molar-refractivity contribution < 1.29 is 4.79 Å². The van der Waals surface area contributed by atoms with E-state index in [1.165, 1.54) is 0 Å². The first kappa shape index (κ1) is 11.5. The molecule has 2 heterocycles. The molecule has 2 aromatic rings. The standard InChI is InChI=1S/C12H10BrNOS/c13-11-3-5-16-12(11)7-10(15)6-9-2-1-4-14-8-9/h1-5,8H,6-7H2. The van der Waals surface area contributed by atoms with Crippen molar-refractivity contribution in [2.24, 2.45) is 0 Å². The topological polar surface area (TPSA) is 30.0 Å². The number of Topliss-reactive ketones (excluding diaryl/α,β-unsaturated/α-hetero) is 1. The summed E-state index contributed by atoms with van der Waals surface area (Å²) >= 11 is 5.03. The maximum Gasteiger partial charge on any atom is 0.142 e. The number of aromatic nitrogens is 1. The van der Waals surface area contributed by atoms with Crippen LogP contribution in [0.1, 0.15) is 10.4 Å². The molecule has 2 rings (SSSR count). The Morgan fingerprint density at radius 1 is 1.38 bits per heavy atom. The van der Waals surface area contributed by atoms with E-state index in [-0.39, 0.29) is 5.78 Å². The Morgan fingerprint density at radius 2 is 2.25 bits per heavy atom. The smallest absolute Gasteiger partial charge is 0.142 e. The highest BCUT2D eigenvalue weighted by Gasteiger charge is 2.08. The summed E-state index contributed by atoms with van der Waals surface area (Å²) in [4.78, 5) is 16.9. The molecule has 0 aliphatic heterocycles. The average molecular weight is 296 g/mol. The molecule has 2 aromatic heterocycles. The number of ketones is 1. The van der Waals surface area contributed by atoms with Crippen LogP contribution in [-0.2, 0) is 17.6 Å². The van der Waals surface area contributed by atoms with Gasteiger partial charge in [-0.15, -0.1) is 11.3 Å². The molecular formula is C12H10BrNOS. The van der Waals surface area contributed by atoms with E-state index in [1.54, 1.807) is 23.7 Å². The first-order chi connectivity index (χ1) is 7.75. The Morgan fingerprint density at radius 3 is 2.88 bits per heavy atom. The van der Waals surface area contributed by atoms with Gasteiger partial charge in [0.2, 0.25) is 0 Å². The second-order valence-electron chi connectivity index (χ2n) is 3.45. The lowest BCUT2D eigenvalue weighted by Crippen LogP contribution is -2.05. The van der Waals surface area contributed by atoms with E-state index in [2.05, 4.69) is 20.9 Å². The highest BCUT2D eigenvalue weighted by Crippen LogP contribution is 2.23. The molecule has 0 amide bonds. The number of rotatable bonds is 4. The van der Waals surface area contributed by atoms with Crippen LogP contribution in [0.4, 0.5) is 0 Å². The molecule has 2 nitrogen and oxygen atoms in total. The first-order valence-corrected chi connectivity index (χ1v) is 6.55. The van der Waals surface area contributed by atoms with Gasteiger partial charge in [-0.25, -0.2) is 0 Å². The SMILES string of the molecule is O=C(Cc1cccnc1)Cc1sccc1Br. The second kappa shape index (κ2) is 5.37. The van der Waals surface area contributed by atoms with E-state index in [1.807, 2.05) is 23.6 Å². The molecule has 0 saturated carbocycles. The third-order valence-corrected chi connectivity index (χ3v) is 4.10. The van der Waals surface area contributed by atoms with Gasteiger partial charge in [0, 0.05) is 34.6 Å². The molecule has 0 aliphatic rings. The quantitative estimate of drug-likeness (QED) is 0.867. The van der Waals surface area contributed by atoms with Crippen molar-refractivity contribution in [2.75, 3.05) is 0 Å². The van der Waals surface area contributed by atoms with Crippen LogP contribution in [0.2, 0.25) is 0 Å². The second-order valence-corrected chi connectivity index (χ2v) is 5.30. The van der Waals surface area contributed by atoms with Crippen LogP contribution >= 0.6 is 27.3 Å². The fourth-order valence-corrected chi connectivity index (χ4v) is 2.94. The zero-order valence-corrected chi connectivity index (χ0v) is 10.9. The van der Waals surface area contributed by atoms with Crippen molar-refractivity contribution in [2.45, 2.75) is 12.8 Å². The molecule has 0 fully saturated rings. The van der Waals surface area contributed by atoms with E-state index in [0.29, 0.717) is 12.8 Å². The minimum absolute atomic E-state index is 0.219. The molecule has 0 unspecified atom stereocenters. The summed E-state index contributed by atoms with van der Waals surface area (Å²) in [5, 5.41) is 1.98. The summed E-state index contributed by atoms with van der Waals surface area (Å²) in [6.07, 6.45) is 4.40. The summed E-state index contributed by atoms with van der Waals surface area (Å²) in [5.41, 5.74) is 0.972. The molecule has 0 saturated heterocycles. The van der Waals surface area contributed by atoms with E-state index in [0.717, 1.165) is 14.9 Å². The molecule has 0 spiro atoms. The molecule has 0 N–H and O–H groups in total. The summed E-state index contributed by atoms with van der Waals surface area (Å²) in [6.45, 7) is 0. The zero-order chi connectivity index (χ0) is 11.4. The van der Waals surface area contributed by atoms with Gasteiger partial charge in [0.25, 0.3) is 0 Å². The molecule has 0 radical (unpaired) electrons. The number of nitrogens with zero attached hydrogens (tertiary/aromatic N) is 1. The molecule has 0 bridgehead atoms. The Labute approximate surface area is 106 Å². The lowest BCUT2D eigenvalue weighted by atomic mass is 10.1.